The molecule has 0 aliphatic carbocycles. The number of carbonyl (C=O) groups is 1. The highest BCUT2D eigenvalue weighted by atomic mass is 16.5. The van der Waals surface area contributed by atoms with E-state index in [1.807, 2.05) is 30.9 Å². The van der Waals surface area contributed by atoms with E-state index in [2.05, 4.69) is 34.3 Å². The molecule has 146 valence electrons. The maximum absolute atomic E-state index is 13.0. The number of hydrogen-bond acceptors (Lipinski definition) is 4. The lowest BCUT2D eigenvalue weighted by atomic mass is 10.0. The van der Waals surface area contributed by atoms with E-state index in [4.69, 9.17) is 4.74 Å². The molecule has 2 aromatic heterocycles. The molecule has 6 heteroatoms. The third-order valence-electron chi connectivity index (χ3n) is 5.21. The molecule has 4 rings (SSSR count). The van der Waals surface area contributed by atoms with Gasteiger partial charge in [-0.05, 0) is 44.7 Å². The minimum atomic E-state index is -0.0427. The SMILES string of the molecule is Cc1cc(C)n2nc(C(=O)N3CCO[C@@H](CCCc4ccccc4)C3)cc2n1. The summed E-state index contributed by atoms with van der Waals surface area (Å²) >= 11 is 0. The Bertz CT molecular complexity index is 967. The molecular formula is C22H26N4O2. The van der Waals surface area contributed by atoms with Crippen LogP contribution >= 0.6 is 0 Å². The number of hydrogen-bond donors (Lipinski definition) is 0. The molecule has 0 saturated carbocycles. The highest BCUT2D eigenvalue weighted by Crippen LogP contribution is 2.16. The van der Waals surface area contributed by atoms with E-state index in [9.17, 15) is 4.79 Å². The van der Waals surface area contributed by atoms with Gasteiger partial charge in [-0.2, -0.15) is 5.10 Å². The standard InChI is InChI=1S/C22H26N4O2/c1-16-13-17(2)26-21(23-16)14-20(24-26)22(27)25-11-12-28-19(15-25)10-6-9-18-7-4-3-5-8-18/h3-5,7-8,13-14,19H,6,9-12,15H2,1-2H3/t19-/m0/s1. The van der Waals surface area contributed by atoms with Crippen molar-refractivity contribution in [2.45, 2.75) is 39.2 Å². The number of rotatable bonds is 5. The normalized spacial score (nSPS) is 17.2. The van der Waals surface area contributed by atoms with Gasteiger partial charge in [0, 0.05) is 30.5 Å². The van der Waals surface area contributed by atoms with E-state index >= 15 is 0 Å². The molecule has 1 aliphatic heterocycles. The molecule has 1 saturated heterocycles. The lowest BCUT2D eigenvalue weighted by Gasteiger charge is -2.32. The number of ether oxygens (including phenoxy) is 1. The van der Waals surface area contributed by atoms with Crippen LogP contribution in [0.4, 0.5) is 0 Å². The Morgan fingerprint density at radius 2 is 2.04 bits per heavy atom. The topological polar surface area (TPSA) is 59.7 Å². The number of aryl methyl sites for hydroxylation is 3. The molecule has 6 nitrogen and oxygen atoms in total. The van der Waals surface area contributed by atoms with Gasteiger partial charge < -0.3 is 9.64 Å². The first-order valence-electron chi connectivity index (χ1n) is 9.89. The van der Waals surface area contributed by atoms with Gasteiger partial charge >= 0.3 is 0 Å². The molecule has 0 radical (unpaired) electrons. The van der Waals surface area contributed by atoms with Crippen molar-refractivity contribution >= 4 is 11.6 Å². The molecule has 3 heterocycles. The van der Waals surface area contributed by atoms with Crippen molar-refractivity contribution in [3.8, 4) is 0 Å². The van der Waals surface area contributed by atoms with E-state index in [-0.39, 0.29) is 12.0 Å². The summed E-state index contributed by atoms with van der Waals surface area (Å²) in [5, 5.41) is 4.48. The molecule has 1 aromatic carbocycles. The third kappa shape index (κ3) is 4.07. The van der Waals surface area contributed by atoms with Crippen molar-refractivity contribution in [1.82, 2.24) is 19.5 Å². The maximum Gasteiger partial charge on any atom is 0.274 e. The molecule has 0 N–H and O–H groups in total. The molecule has 1 aliphatic rings. The van der Waals surface area contributed by atoms with Crippen LogP contribution in [0.25, 0.3) is 5.65 Å². The number of aromatic nitrogens is 3. The van der Waals surface area contributed by atoms with Crippen molar-refractivity contribution in [2.24, 2.45) is 0 Å². The van der Waals surface area contributed by atoms with Crippen LogP contribution in [0, 0.1) is 13.8 Å². The zero-order valence-electron chi connectivity index (χ0n) is 16.5. The highest BCUT2D eigenvalue weighted by molar-refractivity contribution is 5.93. The molecule has 1 amide bonds. The van der Waals surface area contributed by atoms with E-state index in [1.54, 1.807) is 10.6 Å². The fourth-order valence-electron chi connectivity index (χ4n) is 3.81. The van der Waals surface area contributed by atoms with Gasteiger partial charge in [0.05, 0.1) is 12.7 Å². The molecular weight excluding hydrogens is 352 g/mol. The molecule has 1 fully saturated rings. The highest BCUT2D eigenvalue weighted by Gasteiger charge is 2.26. The number of nitrogens with zero attached hydrogens (tertiary/aromatic N) is 4. The number of morpholine rings is 1. The summed E-state index contributed by atoms with van der Waals surface area (Å²) in [6.07, 6.45) is 3.11. The van der Waals surface area contributed by atoms with Crippen LogP contribution in [-0.2, 0) is 11.2 Å². The second-order valence-electron chi connectivity index (χ2n) is 7.46. The summed E-state index contributed by atoms with van der Waals surface area (Å²) < 4.78 is 7.63. The summed E-state index contributed by atoms with van der Waals surface area (Å²) in [7, 11) is 0. The molecule has 0 bridgehead atoms. The van der Waals surface area contributed by atoms with Crippen LogP contribution in [0.1, 0.15) is 40.3 Å². The van der Waals surface area contributed by atoms with Crippen LogP contribution in [0.5, 0.6) is 0 Å². The minimum Gasteiger partial charge on any atom is -0.375 e. The average molecular weight is 378 g/mol. The minimum absolute atomic E-state index is 0.0427. The van der Waals surface area contributed by atoms with Crippen LogP contribution in [0.3, 0.4) is 0 Å². The maximum atomic E-state index is 13.0. The van der Waals surface area contributed by atoms with E-state index < -0.39 is 0 Å². The molecule has 0 unspecified atom stereocenters. The third-order valence-corrected chi connectivity index (χ3v) is 5.21. The number of fused-ring (bicyclic) bond motifs is 1. The van der Waals surface area contributed by atoms with Crippen molar-refractivity contribution < 1.29 is 9.53 Å². The second kappa shape index (κ2) is 8.10. The van der Waals surface area contributed by atoms with Gasteiger partial charge in [0.15, 0.2) is 11.3 Å². The Morgan fingerprint density at radius 3 is 2.86 bits per heavy atom. The molecule has 1 atom stereocenters. The molecule has 3 aromatic rings. The summed E-state index contributed by atoms with van der Waals surface area (Å²) in [6.45, 7) is 5.72. The van der Waals surface area contributed by atoms with Crippen molar-refractivity contribution in [2.75, 3.05) is 19.7 Å². The largest absolute Gasteiger partial charge is 0.375 e. The van der Waals surface area contributed by atoms with Crippen LogP contribution < -0.4 is 0 Å². The van der Waals surface area contributed by atoms with Gasteiger partial charge in [0.1, 0.15) is 0 Å². The summed E-state index contributed by atoms with van der Waals surface area (Å²) in [6, 6.07) is 14.2. The van der Waals surface area contributed by atoms with Crippen LogP contribution in [-0.4, -0.2) is 51.2 Å². The van der Waals surface area contributed by atoms with E-state index in [0.717, 1.165) is 30.7 Å². The van der Waals surface area contributed by atoms with Crippen molar-refractivity contribution in [3.05, 3.63) is 65.1 Å². The monoisotopic (exact) mass is 378 g/mol. The van der Waals surface area contributed by atoms with Gasteiger partial charge in [-0.15, -0.1) is 0 Å². The smallest absolute Gasteiger partial charge is 0.274 e. The lowest BCUT2D eigenvalue weighted by molar-refractivity contribution is -0.0256. The summed E-state index contributed by atoms with van der Waals surface area (Å²) in [5.74, 6) is -0.0427. The van der Waals surface area contributed by atoms with Gasteiger partial charge in [-0.1, -0.05) is 30.3 Å². The van der Waals surface area contributed by atoms with Gasteiger partial charge in [-0.25, -0.2) is 9.50 Å². The fourth-order valence-corrected chi connectivity index (χ4v) is 3.81. The fraction of sp³-hybridized carbons (Fsp3) is 0.409. The Morgan fingerprint density at radius 1 is 1.21 bits per heavy atom. The van der Waals surface area contributed by atoms with E-state index in [0.29, 0.717) is 31.0 Å². The van der Waals surface area contributed by atoms with Crippen molar-refractivity contribution in [3.63, 3.8) is 0 Å². The zero-order valence-corrected chi connectivity index (χ0v) is 16.5. The Labute approximate surface area is 165 Å². The van der Waals surface area contributed by atoms with Crippen LogP contribution in [0.15, 0.2) is 42.5 Å². The predicted octanol–water partition coefficient (Wildman–Crippen LogP) is 3.21. The second-order valence-corrected chi connectivity index (χ2v) is 7.46. The first-order valence-corrected chi connectivity index (χ1v) is 9.89. The summed E-state index contributed by atoms with van der Waals surface area (Å²) in [4.78, 5) is 19.3. The number of amides is 1. The Balaban J connectivity index is 1.38. The first-order chi connectivity index (χ1) is 13.6. The Hall–Kier alpha value is -2.73. The van der Waals surface area contributed by atoms with Crippen LogP contribution in [0.2, 0.25) is 0 Å². The zero-order chi connectivity index (χ0) is 19.5. The summed E-state index contributed by atoms with van der Waals surface area (Å²) in [5.41, 5.74) is 4.41. The quantitative estimate of drug-likeness (QED) is 0.684. The lowest BCUT2D eigenvalue weighted by Crippen LogP contribution is -2.45. The number of benzene rings is 1. The molecule has 0 spiro atoms. The Kier molecular flexibility index (Phi) is 5.39. The van der Waals surface area contributed by atoms with Crippen molar-refractivity contribution in [1.29, 1.82) is 0 Å². The predicted molar refractivity (Wildman–Crippen MR) is 107 cm³/mol. The van der Waals surface area contributed by atoms with E-state index in [1.165, 1.54) is 5.56 Å². The number of carbonyl (C=O) groups excluding carboxylic acids is 1. The van der Waals surface area contributed by atoms with Gasteiger partial charge in [0.2, 0.25) is 0 Å². The average Bonchev–Trinajstić information content (AvgIpc) is 3.13. The van der Waals surface area contributed by atoms with Gasteiger partial charge in [0.25, 0.3) is 5.91 Å². The van der Waals surface area contributed by atoms with Gasteiger partial charge in [-0.3, -0.25) is 4.79 Å². The first kappa shape index (κ1) is 18.6. The molecule has 28 heavy (non-hydrogen) atoms.